The van der Waals surface area contributed by atoms with Crippen LogP contribution in [0.25, 0.3) is 0 Å². The maximum atomic E-state index is 12.5. The normalized spacial score (nSPS) is 14.7. The number of amides is 1. The van der Waals surface area contributed by atoms with Gasteiger partial charge in [-0.15, -0.1) is 0 Å². The fourth-order valence-corrected chi connectivity index (χ4v) is 3.28. The van der Waals surface area contributed by atoms with E-state index in [1.165, 1.54) is 12.8 Å². The molecule has 2 aromatic carbocycles. The minimum atomic E-state index is -0.251. The Morgan fingerprint density at radius 1 is 1.17 bits per heavy atom. The number of carbonyl (C=O) groups is 1. The molecule has 0 saturated heterocycles. The van der Waals surface area contributed by atoms with E-state index >= 15 is 0 Å². The van der Waals surface area contributed by atoms with Crippen molar-refractivity contribution >= 4 is 39.1 Å². The van der Waals surface area contributed by atoms with Crippen molar-refractivity contribution in [3.8, 4) is 5.75 Å². The molecule has 0 atom stereocenters. The standard InChI is InChI=1S/C18H17BrClNO2/c19-12-9-10-15(20)14(11-12)18(22)21-16-7-3-4-8-17(16)23-13-5-1-2-6-13/h3-4,7-11,13H,1-2,5-6H2,(H,21,22). The second-order valence-electron chi connectivity index (χ2n) is 5.60. The minimum Gasteiger partial charge on any atom is -0.488 e. The molecule has 1 amide bonds. The number of ether oxygens (including phenoxy) is 1. The third-order valence-electron chi connectivity index (χ3n) is 3.90. The topological polar surface area (TPSA) is 38.3 Å². The van der Waals surface area contributed by atoms with Gasteiger partial charge in [0.1, 0.15) is 5.75 Å². The van der Waals surface area contributed by atoms with E-state index in [0.717, 1.165) is 17.3 Å². The molecule has 23 heavy (non-hydrogen) atoms. The van der Waals surface area contributed by atoms with Crippen molar-refractivity contribution in [2.24, 2.45) is 0 Å². The fraction of sp³-hybridized carbons (Fsp3) is 0.278. The maximum Gasteiger partial charge on any atom is 0.257 e. The van der Waals surface area contributed by atoms with Gasteiger partial charge in [-0.05, 0) is 56.0 Å². The molecule has 3 nitrogen and oxygen atoms in total. The molecule has 0 aliphatic heterocycles. The van der Waals surface area contributed by atoms with E-state index in [-0.39, 0.29) is 12.0 Å². The van der Waals surface area contributed by atoms with Gasteiger partial charge in [0.25, 0.3) is 5.91 Å². The van der Waals surface area contributed by atoms with Gasteiger partial charge in [-0.25, -0.2) is 0 Å². The van der Waals surface area contributed by atoms with E-state index in [4.69, 9.17) is 16.3 Å². The molecule has 5 heteroatoms. The van der Waals surface area contributed by atoms with Crippen molar-refractivity contribution in [3.63, 3.8) is 0 Å². The minimum absolute atomic E-state index is 0.238. The van der Waals surface area contributed by atoms with Crippen molar-refractivity contribution in [2.45, 2.75) is 31.8 Å². The lowest BCUT2D eigenvalue weighted by Gasteiger charge is -2.17. The van der Waals surface area contributed by atoms with Crippen LogP contribution in [0, 0.1) is 0 Å². The van der Waals surface area contributed by atoms with Crippen molar-refractivity contribution in [1.29, 1.82) is 0 Å². The van der Waals surface area contributed by atoms with Crippen molar-refractivity contribution in [2.75, 3.05) is 5.32 Å². The summed E-state index contributed by atoms with van der Waals surface area (Å²) in [6, 6.07) is 12.7. The zero-order valence-corrected chi connectivity index (χ0v) is 14.9. The van der Waals surface area contributed by atoms with Gasteiger partial charge in [-0.2, -0.15) is 0 Å². The van der Waals surface area contributed by atoms with Crippen molar-refractivity contribution < 1.29 is 9.53 Å². The smallest absolute Gasteiger partial charge is 0.257 e. The molecule has 2 aromatic rings. The molecular formula is C18H17BrClNO2. The first-order valence-corrected chi connectivity index (χ1v) is 8.82. The highest BCUT2D eigenvalue weighted by Crippen LogP contribution is 2.30. The largest absolute Gasteiger partial charge is 0.488 e. The first-order valence-electron chi connectivity index (χ1n) is 7.65. The molecule has 1 saturated carbocycles. The highest BCUT2D eigenvalue weighted by Gasteiger charge is 2.19. The monoisotopic (exact) mass is 393 g/mol. The van der Waals surface area contributed by atoms with E-state index in [1.54, 1.807) is 18.2 Å². The summed E-state index contributed by atoms with van der Waals surface area (Å²) >= 11 is 9.48. The Morgan fingerprint density at radius 3 is 2.70 bits per heavy atom. The molecule has 120 valence electrons. The molecule has 1 aliphatic rings. The third-order valence-corrected chi connectivity index (χ3v) is 4.73. The summed E-state index contributed by atoms with van der Waals surface area (Å²) in [6.07, 6.45) is 4.78. The van der Waals surface area contributed by atoms with Gasteiger partial charge >= 0.3 is 0 Å². The zero-order chi connectivity index (χ0) is 16.2. The fourth-order valence-electron chi connectivity index (χ4n) is 2.72. The Balaban J connectivity index is 1.79. The number of para-hydroxylation sites is 2. The van der Waals surface area contributed by atoms with Crippen LogP contribution in [-0.4, -0.2) is 12.0 Å². The van der Waals surface area contributed by atoms with E-state index in [2.05, 4.69) is 21.2 Å². The molecular weight excluding hydrogens is 378 g/mol. The average Bonchev–Trinajstić information content (AvgIpc) is 3.04. The van der Waals surface area contributed by atoms with E-state index in [1.807, 2.05) is 24.3 Å². The summed E-state index contributed by atoms with van der Waals surface area (Å²) in [5.41, 5.74) is 1.09. The number of carbonyl (C=O) groups excluding carboxylic acids is 1. The molecule has 0 heterocycles. The lowest BCUT2D eigenvalue weighted by atomic mass is 10.2. The second kappa shape index (κ2) is 7.37. The summed E-state index contributed by atoms with van der Waals surface area (Å²) in [6.45, 7) is 0. The number of hydrogen-bond acceptors (Lipinski definition) is 2. The van der Waals surface area contributed by atoms with E-state index in [0.29, 0.717) is 22.0 Å². The number of hydrogen-bond donors (Lipinski definition) is 1. The molecule has 0 radical (unpaired) electrons. The number of benzene rings is 2. The maximum absolute atomic E-state index is 12.5. The summed E-state index contributed by atoms with van der Waals surface area (Å²) in [7, 11) is 0. The Bertz CT molecular complexity index is 714. The van der Waals surface area contributed by atoms with Crippen LogP contribution in [0.1, 0.15) is 36.0 Å². The summed E-state index contributed by atoms with van der Waals surface area (Å²) < 4.78 is 6.85. The lowest BCUT2D eigenvalue weighted by molar-refractivity contribution is 0.102. The SMILES string of the molecule is O=C(Nc1ccccc1OC1CCCC1)c1cc(Br)ccc1Cl. The molecule has 3 rings (SSSR count). The van der Waals surface area contributed by atoms with Crippen LogP contribution < -0.4 is 10.1 Å². The summed E-state index contributed by atoms with van der Waals surface area (Å²) in [5.74, 6) is 0.456. The van der Waals surface area contributed by atoms with Crippen LogP contribution in [0.5, 0.6) is 5.75 Å². The van der Waals surface area contributed by atoms with Crippen LogP contribution in [0.15, 0.2) is 46.9 Å². The number of halogens is 2. The van der Waals surface area contributed by atoms with E-state index in [9.17, 15) is 4.79 Å². The molecule has 0 bridgehead atoms. The van der Waals surface area contributed by atoms with Gasteiger partial charge in [-0.1, -0.05) is 39.7 Å². The van der Waals surface area contributed by atoms with Gasteiger partial charge in [-0.3, -0.25) is 4.79 Å². The predicted molar refractivity (Wildman–Crippen MR) is 96.4 cm³/mol. The predicted octanol–water partition coefficient (Wildman–Crippen LogP) is 5.68. The van der Waals surface area contributed by atoms with Gasteiger partial charge in [0, 0.05) is 4.47 Å². The highest BCUT2D eigenvalue weighted by atomic mass is 79.9. The quantitative estimate of drug-likeness (QED) is 0.725. The second-order valence-corrected chi connectivity index (χ2v) is 6.92. The van der Waals surface area contributed by atoms with Crippen molar-refractivity contribution in [1.82, 2.24) is 0 Å². The molecule has 1 aliphatic carbocycles. The molecule has 1 fully saturated rings. The Morgan fingerprint density at radius 2 is 1.91 bits per heavy atom. The van der Waals surface area contributed by atoms with Gasteiger partial charge in [0.2, 0.25) is 0 Å². The third kappa shape index (κ3) is 4.06. The van der Waals surface area contributed by atoms with Gasteiger partial charge in [0.05, 0.1) is 22.4 Å². The molecule has 1 N–H and O–H groups in total. The first-order chi connectivity index (χ1) is 11.1. The number of nitrogens with one attached hydrogen (secondary N) is 1. The lowest BCUT2D eigenvalue weighted by Crippen LogP contribution is -2.16. The Labute approximate surface area is 149 Å². The average molecular weight is 395 g/mol. The van der Waals surface area contributed by atoms with Crippen LogP contribution in [0.4, 0.5) is 5.69 Å². The van der Waals surface area contributed by atoms with Gasteiger partial charge in [0.15, 0.2) is 0 Å². The number of anilines is 1. The molecule has 0 aromatic heterocycles. The Hall–Kier alpha value is -1.52. The first kappa shape index (κ1) is 16.3. The summed E-state index contributed by atoms with van der Waals surface area (Å²) in [4.78, 5) is 12.5. The van der Waals surface area contributed by atoms with Crippen molar-refractivity contribution in [3.05, 3.63) is 57.5 Å². The Kier molecular flexibility index (Phi) is 5.23. The van der Waals surface area contributed by atoms with Gasteiger partial charge < -0.3 is 10.1 Å². The van der Waals surface area contributed by atoms with Crippen LogP contribution in [0.3, 0.4) is 0 Å². The van der Waals surface area contributed by atoms with Crippen LogP contribution in [0.2, 0.25) is 5.02 Å². The highest BCUT2D eigenvalue weighted by molar-refractivity contribution is 9.10. The van der Waals surface area contributed by atoms with Crippen LogP contribution >= 0.6 is 27.5 Å². The zero-order valence-electron chi connectivity index (χ0n) is 12.5. The summed E-state index contributed by atoms with van der Waals surface area (Å²) in [5, 5.41) is 3.32. The molecule has 0 unspecified atom stereocenters. The molecule has 0 spiro atoms. The van der Waals surface area contributed by atoms with E-state index < -0.39 is 0 Å². The van der Waals surface area contributed by atoms with Crippen LogP contribution in [-0.2, 0) is 0 Å². The number of rotatable bonds is 4.